The van der Waals surface area contributed by atoms with Crippen LogP contribution < -0.4 is 0 Å². The number of hydrogen-bond acceptors (Lipinski definition) is 7. The molecule has 7 aromatic carbocycles. The fourth-order valence-electron chi connectivity index (χ4n) is 6.93. The lowest BCUT2D eigenvalue weighted by molar-refractivity contribution is 1.07. The van der Waals surface area contributed by atoms with E-state index >= 15 is 0 Å². The zero-order valence-electron chi connectivity index (χ0n) is 29.4. The molecule has 3 aromatic heterocycles. The second kappa shape index (κ2) is 14.0. The summed E-state index contributed by atoms with van der Waals surface area (Å²) < 4.78 is 2.33. The van der Waals surface area contributed by atoms with Crippen LogP contribution in [0.5, 0.6) is 0 Å². The molecule has 0 unspecified atom stereocenters. The molecule has 0 saturated carbocycles. The molecule has 0 aliphatic rings. The molecule has 258 valence electrons. The number of nitrogens with zero attached hydrogens (tertiary/aromatic N) is 6. The third kappa shape index (κ3) is 6.22. The van der Waals surface area contributed by atoms with Crippen molar-refractivity contribution < 1.29 is 0 Å². The molecule has 0 aliphatic carbocycles. The summed E-state index contributed by atoms with van der Waals surface area (Å²) in [5.74, 6) is 3.86. The molecule has 0 amide bonds. The van der Waals surface area contributed by atoms with Crippen LogP contribution in [0.4, 0.5) is 0 Å². The molecule has 55 heavy (non-hydrogen) atoms. The smallest absolute Gasteiger partial charge is 0.165 e. The highest BCUT2D eigenvalue weighted by atomic mass is 32.1. The van der Waals surface area contributed by atoms with E-state index in [1.165, 1.54) is 10.1 Å². The van der Waals surface area contributed by atoms with Gasteiger partial charge < -0.3 is 0 Å². The molecular formula is C48H30N6S. The van der Waals surface area contributed by atoms with Crippen LogP contribution in [0.25, 0.3) is 99.6 Å². The lowest BCUT2D eigenvalue weighted by Gasteiger charge is -2.10. The third-order valence-electron chi connectivity index (χ3n) is 9.62. The van der Waals surface area contributed by atoms with Gasteiger partial charge in [-0.3, -0.25) is 0 Å². The minimum atomic E-state index is 0.630. The van der Waals surface area contributed by atoms with Gasteiger partial charge in [-0.1, -0.05) is 170 Å². The quantitative estimate of drug-likeness (QED) is 0.163. The molecule has 10 rings (SSSR count). The van der Waals surface area contributed by atoms with E-state index in [4.69, 9.17) is 29.9 Å². The summed E-state index contributed by atoms with van der Waals surface area (Å²) in [6.45, 7) is 0. The van der Waals surface area contributed by atoms with Gasteiger partial charge in [-0.05, 0) is 23.3 Å². The molecule has 0 N–H and O–H groups in total. The van der Waals surface area contributed by atoms with E-state index < -0.39 is 0 Å². The molecule has 0 bridgehead atoms. The van der Waals surface area contributed by atoms with E-state index in [0.717, 1.165) is 54.6 Å². The maximum Gasteiger partial charge on any atom is 0.165 e. The number of benzene rings is 7. The van der Waals surface area contributed by atoms with E-state index in [1.807, 2.05) is 121 Å². The second-order valence-electron chi connectivity index (χ2n) is 13.1. The van der Waals surface area contributed by atoms with Gasteiger partial charge in [0.2, 0.25) is 0 Å². The predicted molar refractivity (Wildman–Crippen MR) is 224 cm³/mol. The fourth-order valence-corrected chi connectivity index (χ4v) is 8.17. The highest BCUT2D eigenvalue weighted by Crippen LogP contribution is 2.44. The Labute approximate surface area is 321 Å². The lowest BCUT2D eigenvalue weighted by atomic mass is 9.97. The van der Waals surface area contributed by atoms with Gasteiger partial charge in [0.25, 0.3) is 0 Å². The molecule has 10 aromatic rings. The van der Waals surface area contributed by atoms with Crippen molar-refractivity contribution in [1.29, 1.82) is 0 Å². The number of fused-ring (bicyclic) bond motifs is 3. The molecule has 7 heteroatoms. The first-order valence-corrected chi connectivity index (χ1v) is 18.9. The van der Waals surface area contributed by atoms with E-state index in [9.17, 15) is 0 Å². The minimum absolute atomic E-state index is 0.630. The van der Waals surface area contributed by atoms with Crippen LogP contribution in [0.15, 0.2) is 182 Å². The molecular weight excluding hydrogens is 693 g/mol. The monoisotopic (exact) mass is 722 g/mol. The van der Waals surface area contributed by atoms with Gasteiger partial charge in [-0.25, -0.2) is 29.9 Å². The van der Waals surface area contributed by atoms with Crippen molar-refractivity contribution >= 4 is 31.5 Å². The highest BCUT2D eigenvalue weighted by Gasteiger charge is 2.19. The van der Waals surface area contributed by atoms with Gasteiger partial charge in [0.05, 0.1) is 0 Å². The van der Waals surface area contributed by atoms with Crippen molar-refractivity contribution in [2.45, 2.75) is 0 Å². The molecule has 0 fully saturated rings. The number of rotatable bonds is 7. The Kier molecular flexibility index (Phi) is 8.24. The molecule has 0 atom stereocenters. The van der Waals surface area contributed by atoms with Crippen molar-refractivity contribution in [2.24, 2.45) is 0 Å². The summed E-state index contributed by atoms with van der Waals surface area (Å²) in [4.78, 5) is 29.8. The normalized spacial score (nSPS) is 11.3. The summed E-state index contributed by atoms with van der Waals surface area (Å²) in [6, 6.07) is 61.8. The molecule has 3 heterocycles. The van der Waals surface area contributed by atoms with E-state index in [2.05, 4.69) is 60.7 Å². The van der Waals surface area contributed by atoms with Crippen LogP contribution in [0.3, 0.4) is 0 Å². The Morgan fingerprint density at radius 3 is 1.09 bits per heavy atom. The van der Waals surface area contributed by atoms with Crippen LogP contribution >= 0.6 is 11.3 Å². The summed E-state index contributed by atoms with van der Waals surface area (Å²) in [6.07, 6.45) is 0. The Hall–Kier alpha value is -7.22. The average molecular weight is 723 g/mol. The Morgan fingerprint density at radius 2 is 0.636 bits per heavy atom. The maximum absolute atomic E-state index is 5.06. The van der Waals surface area contributed by atoms with Crippen LogP contribution in [-0.4, -0.2) is 29.9 Å². The third-order valence-corrected chi connectivity index (χ3v) is 10.8. The Bertz CT molecular complexity index is 2840. The van der Waals surface area contributed by atoms with Crippen molar-refractivity contribution in [1.82, 2.24) is 29.9 Å². The number of aromatic nitrogens is 6. The highest BCUT2D eigenvalue weighted by molar-refractivity contribution is 7.26. The summed E-state index contributed by atoms with van der Waals surface area (Å²) in [5.41, 5.74) is 7.95. The van der Waals surface area contributed by atoms with Crippen LogP contribution in [0.1, 0.15) is 0 Å². The van der Waals surface area contributed by atoms with Crippen LogP contribution in [0.2, 0.25) is 0 Å². The largest absolute Gasteiger partial charge is 0.208 e. The van der Waals surface area contributed by atoms with Crippen molar-refractivity contribution in [2.75, 3.05) is 0 Å². The van der Waals surface area contributed by atoms with Crippen molar-refractivity contribution in [3.05, 3.63) is 182 Å². The summed E-state index contributed by atoms with van der Waals surface area (Å²) in [7, 11) is 0. The zero-order chi connectivity index (χ0) is 36.6. The average Bonchev–Trinajstić information content (AvgIpc) is 3.67. The number of hydrogen-bond donors (Lipinski definition) is 0. The van der Waals surface area contributed by atoms with Crippen LogP contribution in [0, 0.1) is 0 Å². The minimum Gasteiger partial charge on any atom is -0.208 e. The van der Waals surface area contributed by atoms with Crippen molar-refractivity contribution in [3.8, 4) is 79.5 Å². The molecule has 6 nitrogen and oxygen atoms in total. The van der Waals surface area contributed by atoms with Gasteiger partial charge in [-0.15, -0.1) is 11.3 Å². The SMILES string of the molecule is c1ccc(-c2nc(-c3ccccc3)nc(-c3ccc(-c4cccc5sc6c(-c7nc(-c8ccccc8)nc(-c8ccccc8)n7)cccc6c45)cc3)n2)cc1. The van der Waals surface area contributed by atoms with E-state index in [1.54, 1.807) is 11.3 Å². The first-order valence-electron chi connectivity index (χ1n) is 18.0. The molecule has 0 spiro atoms. The van der Waals surface area contributed by atoms with Gasteiger partial charge in [0.1, 0.15) is 0 Å². The van der Waals surface area contributed by atoms with Gasteiger partial charge in [0.15, 0.2) is 34.9 Å². The Balaban J connectivity index is 1.08. The predicted octanol–water partition coefficient (Wildman–Crippen LogP) is 12.1. The second-order valence-corrected chi connectivity index (χ2v) is 14.2. The molecule has 0 saturated heterocycles. The Morgan fingerprint density at radius 1 is 0.273 bits per heavy atom. The summed E-state index contributed by atoms with van der Waals surface area (Å²) in [5, 5.41) is 2.37. The van der Waals surface area contributed by atoms with E-state index in [0.29, 0.717) is 34.9 Å². The zero-order valence-corrected chi connectivity index (χ0v) is 30.2. The summed E-state index contributed by atoms with van der Waals surface area (Å²) >= 11 is 1.77. The van der Waals surface area contributed by atoms with Gasteiger partial charge in [-0.2, -0.15) is 0 Å². The lowest BCUT2D eigenvalue weighted by Crippen LogP contribution is -2.00. The van der Waals surface area contributed by atoms with Gasteiger partial charge in [0, 0.05) is 53.6 Å². The first kappa shape index (κ1) is 32.4. The van der Waals surface area contributed by atoms with Crippen LogP contribution in [-0.2, 0) is 0 Å². The first-order chi connectivity index (χ1) is 27.2. The number of thiophene rings is 1. The standard InChI is InChI=1S/C48H30N6S/c1-5-15-32(16-6-1)43-49-44(33-17-7-2-8-18-33)51-47(50-43)36-29-27-31(28-30-36)37-23-14-26-40-41(37)38-24-13-25-39(42(38)55-40)48-53-45(34-19-9-3-10-20-34)52-46(54-48)35-21-11-4-12-22-35/h1-30H. The van der Waals surface area contributed by atoms with E-state index in [-0.39, 0.29) is 0 Å². The molecule has 0 aliphatic heterocycles. The fraction of sp³-hybridized carbons (Fsp3) is 0. The maximum atomic E-state index is 5.06. The topological polar surface area (TPSA) is 77.3 Å². The molecule has 0 radical (unpaired) electrons. The van der Waals surface area contributed by atoms with Gasteiger partial charge >= 0.3 is 0 Å². The van der Waals surface area contributed by atoms with Crippen molar-refractivity contribution in [3.63, 3.8) is 0 Å².